The minimum absolute atomic E-state index is 0.164. The normalized spacial score (nSPS) is 17.6. The van der Waals surface area contributed by atoms with Gasteiger partial charge in [-0.25, -0.2) is 0 Å². The monoisotopic (exact) mass is 182 g/mol. The molecule has 1 aliphatic heterocycles. The highest BCUT2D eigenvalue weighted by Crippen LogP contribution is 2.09. The predicted octanol–water partition coefficient (Wildman–Crippen LogP) is 0.902. The highest BCUT2D eigenvalue weighted by atomic mass is 16.2. The summed E-state index contributed by atoms with van der Waals surface area (Å²) in [5.74, 6) is 0.164. The lowest BCUT2D eigenvalue weighted by molar-refractivity contribution is -0.131. The molecule has 0 aromatic heterocycles. The fraction of sp³-hybridized carbons (Fsp3) is 0.700. The van der Waals surface area contributed by atoms with Crippen molar-refractivity contribution in [2.75, 3.05) is 13.1 Å². The predicted molar refractivity (Wildman–Crippen MR) is 53.2 cm³/mol. The van der Waals surface area contributed by atoms with Crippen LogP contribution in [0.2, 0.25) is 0 Å². The van der Waals surface area contributed by atoms with Gasteiger partial charge in [0.2, 0.25) is 5.91 Å². The molecule has 1 rings (SSSR count). The van der Waals surface area contributed by atoms with Crippen LogP contribution in [0.15, 0.2) is 12.2 Å². The summed E-state index contributed by atoms with van der Waals surface area (Å²) >= 11 is 0. The largest absolute Gasteiger partial charge is 0.339 e. The third kappa shape index (κ3) is 3.59. The number of nitrogens with zero attached hydrogens (tertiary/aromatic N) is 1. The Kier molecular flexibility index (Phi) is 3.09. The van der Waals surface area contributed by atoms with Crippen molar-refractivity contribution >= 4 is 5.91 Å². The molecule has 1 heterocycles. The highest BCUT2D eigenvalue weighted by Gasteiger charge is 2.21. The van der Waals surface area contributed by atoms with Gasteiger partial charge in [0.25, 0.3) is 0 Å². The molecule has 3 heteroatoms. The lowest BCUT2D eigenvalue weighted by atomic mass is 10.0. The van der Waals surface area contributed by atoms with Crippen LogP contribution in [0.25, 0.3) is 0 Å². The zero-order chi connectivity index (χ0) is 9.90. The van der Waals surface area contributed by atoms with Gasteiger partial charge >= 0.3 is 0 Å². The molecule has 0 spiro atoms. The van der Waals surface area contributed by atoms with Gasteiger partial charge < -0.3 is 10.6 Å². The van der Waals surface area contributed by atoms with E-state index in [1.54, 1.807) is 0 Å². The zero-order valence-electron chi connectivity index (χ0n) is 8.42. The Bertz CT molecular complexity index is 215. The summed E-state index contributed by atoms with van der Waals surface area (Å²) in [6.45, 7) is 5.34. The van der Waals surface area contributed by atoms with Crippen molar-refractivity contribution in [1.82, 2.24) is 4.90 Å². The van der Waals surface area contributed by atoms with E-state index in [1.165, 1.54) is 0 Å². The van der Waals surface area contributed by atoms with Crippen molar-refractivity contribution in [3.63, 3.8) is 0 Å². The Labute approximate surface area is 79.6 Å². The van der Waals surface area contributed by atoms with E-state index < -0.39 is 5.54 Å². The first-order chi connectivity index (χ1) is 5.99. The SMILES string of the molecule is CC(C)(N)CC(=O)N1CC=CCC1. The average Bonchev–Trinajstić information content (AvgIpc) is 2.03. The minimum Gasteiger partial charge on any atom is -0.339 e. The number of hydrogen-bond acceptors (Lipinski definition) is 2. The molecule has 0 saturated carbocycles. The second-order valence-electron chi connectivity index (χ2n) is 4.27. The summed E-state index contributed by atoms with van der Waals surface area (Å²) in [4.78, 5) is 13.5. The molecular formula is C10H18N2O. The van der Waals surface area contributed by atoms with Crippen LogP contribution in [0.3, 0.4) is 0 Å². The van der Waals surface area contributed by atoms with Crippen molar-refractivity contribution in [3.05, 3.63) is 12.2 Å². The van der Waals surface area contributed by atoms with E-state index in [0.717, 1.165) is 19.5 Å². The van der Waals surface area contributed by atoms with E-state index >= 15 is 0 Å². The molecule has 0 atom stereocenters. The molecule has 3 nitrogen and oxygen atoms in total. The van der Waals surface area contributed by atoms with Gasteiger partial charge in [-0.3, -0.25) is 4.79 Å². The fourth-order valence-electron chi connectivity index (χ4n) is 1.37. The van der Waals surface area contributed by atoms with Gasteiger partial charge in [-0.1, -0.05) is 12.2 Å². The summed E-state index contributed by atoms with van der Waals surface area (Å²) in [6, 6.07) is 0. The van der Waals surface area contributed by atoms with Crippen LogP contribution in [-0.2, 0) is 4.79 Å². The van der Waals surface area contributed by atoms with E-state index in [4.69, 9.17) is 5.73 Å². The Morgan fingerprint density at radius 1 is 1.54 bits per heavy atom. The van der Waals surface area contributed by atoms with E-state index in [1.807, 2.05) is 24.8 Å². The summed E-state index contributed by atoms with van der Waals surface area (Å²) in [5.41, 5.74) is 5.39. The molecule has 1 amide bonds. The average molecular weight is 182 g/mol. The zero-order valence-corrected chi connectivity index (χ0v) is 8.42. The lowest BCUT2D eigenvalue weighted by Gasteiger charge is -2.27. The Balaban J connectivity index is 2.43. The minimum atomic E-state index is -0.391. The highest BCUT2D eigenvalue weighted by molar-refractivity contribution is 5.77. The van der Waals surface area contributed by atoms with Crippen LogP contribution in [-0.4, -0.2) is 29.4 Å². The molecule has 0 bridgehead atoms. The maximum absolute atomic E-state index is 11.6. The Morgan fingerprint density at radius 3 is 2.69 bits per heavy atom. The second kappa shape index (κ2) is 3.92. The van der Waals surface area contributed by atoms with Gasteiger partial charge in [-0.2, -0.15) is 0 Å². The molecule has 0 fully saturated rings. The van der Waals surface area contributed by atoms with Crippen LogP contribution in [0.4, 0.5) is 0 Å². The molecule has 0 aromatic carbocycles. The van der Waals surface area contributed by atoms with Crippen molar-refractivity contribution < 1.29 is 4.79 Å². The third-order valence-corrected chi connectivity index (χ3v) is 2.02. The third-order valence-electron chi connectivity index (χ3n) is 2.02. The van der Waals surface area contributed by atoms with Crippen LogP contribution >= 0.6 is 0 Å². The summed E-state index contributed by atoms with van der Waals surface area (Å²) in [6.07, 6.45) is 5.54. The number of hydrogen-bond donors (Lipinski definition) is 1. The number of amides is 1. The summed E-state index contributed by atoms with van der Waals surface area (Å²) < 4.78 is 0. The molecule has 1 aliphatic rings. The first-order valence-corrected chi connectivity index (χ1v) is 4.71. The molecule has 74 valence electrons. The van der Waals surface area contributed by atoms with Gasteiger partial charge in [-0.05, 0) is 20.3 Å². The molecule has 0 unspecified atom stereocenters. The molecule has 13 heavy (non-hydrogen) atoms. The van der Waals surface area contributed by atoms with Gasteiger partial charge in [0.1, 0.15) is 0 Å². The van der Waals surface area contributed by atoms with E-state index in [-0.39, 0.29) is 5.91 Å². The van der Waals surface area contributed by atoms with Crippen LogP contribution < -0.4 is 5.73 Å². The lowest BCUT2D eigenvalue weighted by Crippen LogP contribution is -2.42. The van der Waals surface area contributed by atoms with Crippen LogP contribution in [0.5, 0.6) is 0 Å². The number of carbonyl (C=O) groups excluding carboxylic acids is 1. The summed E-state index contributed by atoms with van der Waals surface area (Å²) in [5, 5.41) is 0. The van der Waals surface area contributed by atoms with Crippen LogP contribution in [0, 0.1) is 0 Å². The van der Waals surface area contributed by atoms with Crippen molar-refractivity contribution in [1.29, 1.82) is 0 Å². The quantitative estimate of drug-likeness (QED) is 0.645. The van der Waals surface area contributed by atoms with Gasteiger partial charge in [0.15, 0.2) is 0 Å². The topological polar surface area (TPSA) is 46.3 Å². The molecular weight excluding hydrogens is 164 g/mol. The molecule has 0 aliphatic carbocycles. The Hall–Kier alpha value is -0.830. The van der Waals surface area contributed by atoms with Crippen LogP contribution in [0.1, 0.15) is 26.7 Å². The molecule has 2 N–H and O–H groups in total. The first-order valence-electron chi connectivity index (χ1n) is 4.71. The molecule has 0 radical (unpaired) electrons. The number of carbonyl (C=O) groups is 1. The van der Waals surface area contributed by atoms with E-state index in [9.17, 15) is 4.79 Å². The number of rotatable bonds is 2. The summed E-state index contributed by atoms with van der Waals surface area (Å²) in [7, 11) is 0. The number of nitrogens with two attached hydrogens (primary N) is 1. The van der Waals surface area contributed by atoms with Gasteiger partial charge in [0, 0.05) is 25.0 Å². The van der Waals surface area contributed by atoms with Crippen molar-refractivity contribution in [2.45, 2.75) is 32.2 Å². The maximum atomic E-state index is 11.6. The van der Waals surface area contributed by atoms with E-state index in [2.05, 4.69) is 6.08 Å². The van der Waals surface area contributed by atoms with Crippen molar-refractivity contribution in [3.8, 4) is 0 Å². The maximum Gasteiger partial charge on any atom is 0.224 e. The standard InChI is InChI=1S/C10H18N2O/c1-10(2,11)8-9(13)12-6-4-3-5-7-12/h3-4H,5-8,11H2,1-2H3. The second-order valence-corrected chi connectivity index (χ2v) is 4.27. The fourth-order valence-corrected chi connectivity index (χ4v) is 1.37. The van der Waals surface area contributed by atoms with Gasteiger partial charge in [-0.15, -0.1) is 0 Å². The smallest absolute Gasteiger partial charge is 0.224 e. The van der Waals surface area contributed by atoms with Gasteiger partial charge in [0.05, 0.1) is 0 Å². The first kappa shape index (κ1) is 10.3. The van der Waals surface area contributed by atoms with E-state index in [0.29, 0.717) is 6.42 Å². The Morgan fingerprint density at radius 2 is 2.23 bits per heavy atom. The van der Waals surface area contributed by atoms with Crippen molar-refractivity contribution in [2.24, 2.45) is 5.73 Å². The molecule has 0 saturated heterocycles. The molecule has 0 aromatic rings.